The Morgan fingerprint density at radius 1 is 1.55 bits per heavy atom. The Bertz CT molecular complexity index is 158. The summed E-state index contributed by atoms with van der Waals surface area (Å²) in [5.74, 6) is 0. The van der Waals surface area contributed by atoms with Crippen LogP contribution in [0.2, 0.25) is 18.1 Å². The average molecular weight is 173 g/mol. The second-order valence-corrected chi connectivity index (χ2v) is 9.12. The summed E-state index contributed by atoms with van der Waals surface area (Å²) in [5.41, 5.74) is 0. The van der Waals surface area contributed by atoms with Crippen molar-refractivity contribution in [2.24, 2.45) is 0 Å². The first-order valence-electron chi connectivity index (χ1n) is 4.56. The van der Waals surface area contributed by atoms with Crippen molar-refractivity contribution in [1.29, 1.82) is 0 Å². The van der Waals surface area contributed by atoms with E-state index in [4.69, 9.17) is 5.80 Å². The van der Waals surface area contributed by atoms with Gasteiger partial charge in [0.15, 0.2) is 8.32 Å². The van der Waals surface area contributed by atoms with E-state index >= 15 is 0 Å². The average Bonchev–Trinajstić information content (AvgIpc) is 1.85. The minimum Gasteiger partial charge on any atom is -0.413 e. The van der Waals surface area contributed by atoms with Gasteiger partial charge in [-0.15, -0.1) is 6.55 Å². The van der Waals surface area contributed by atoms with E-state index in [0.717, 1.165) is 0 Å². The zero-order valence-corrected chi connectivity index (χ0v) is 9.27. The quantitative estimate of drug-likeness (QED) is 0.470. The van der Waals surface area contributed by atoms with E-state index in [9.17, 15) is 0 Å². The predicted molar refractivity (Wildman–Crippen MR) is 53.3 cm³/mol. The molecule has 66 valence electrons. The monoisotopic (exact) mass is 173 g/mol. The molecule has 0 aromatic heterocycles. The van der Waals surface area contributed by atoms with Crippen molar-refractivity contribution in [2.75, 3.05) is 6.61 Å². The second kappa shape index (κ2) is 3.54. The highest BCUT2D eigenvalue weighted by molar-refractivity contribution is 6.74. The first-order valence-corrected chi connectivity index (χ1v) is 6.89. The maximum atomic E-state index is 6.82. The lowest BCUT2D eigenvalue weighted by Gasteiger charge is -2.35. The molecule has 0 atom stereocenters. The molecule has 0 radical (unpaired) electrons. The van der Waals surface area contributed by atoms with Gasteiger partial charge in [0.25, 0.3) is 0 Å². The van der Waals surface area contributed by atoms with Gasteiger partial charge < -0.3 is 4.43 Å². The highest BCUT2D eigenvalue weighted by atomic mass is 28.4. The molecule has 0 saturated heterocycles. The summed E-state index contributed by atoms with van der Waals surface area (Å²) in [4.78, 5) is 0. The number of rotatable bonds is 3. The first kappa shape index (κ1) is 9.01. The summed E-state index contributed by atoms with van der Waals surface area (Å²) < 4.78 is 12.6. The van der Waals surface area contributed by atoms with Gasteiger partial charge in [-0.1, -0.05) is 26.8 Å². The summed E-state index contributed by atoms with van der Waals surface area (Å²) in [6.45, 7) is 12.9. The van der Waals surface area contributed by atoms with Crippen LogP contribution < -0.4 is 0 Å². The van der Waals surface area contributed by atoms with Crippen LogP contribution in [0.3, 0.4) is 0 Å². The molecule has 0 aromatic rings. The fourth-order valence-electron chi connectivity index (χ4n) is 0.473. The topological polar surface area (TPSA) is 9.23 Å². The summed E-state index contributed by atoms with van der Waals surface area (Å²) in [5, 5.41) is 0.267. The third-order valence-corrected chi connectivity index (χ3v) is 6.85. The molecule has 0 aliphatic rings. The third-order valence-electron chi connectivity index (χ3n) is 2.35. The molecule has 0 heterocycles. The molecule has 0 amide bonds. The lowest BCUT2D eigenvalue weighted by molar-refractivity contribution is 0.328. The maximum Gasteiger partial charge on any atom is 0.192 e. The largest absolute Gasteiger partial charge is 0.413 e. The van der Waals surface area contributed by atoms with E-state index in [1.807, 2.05) is 0 Å². The minimum absolute atomic E-state index is 0.267. The molecule has 11 heavy (non-hydrogen) atoms. The summed E-state index contributed by atoms with van der Waals surface area (Å²) in [6.07, 6.45) is 1.74. The SMILES string of the molecule is [2H]C=CCO[Si](C)(C)C(C)(C)C. The summed E-state index contributed by atoms with van der Waals surface area (Å²) in [6, 6.07) is 0. The Morgan fingerprint density at radius 3 is 2.45 bits per heavy atom. The van der Waals surface area contributed by atoms with Crippen LogP contribution in [0.4, 0.5) is 0 Å². The first-order chi connectivity index (χ1) is 5.31. The van der Waals surface area contributed by atoms with Gasteiger partial charge in [0.2, 0.25) is 0 Å². The zero-order valence-electron chi connectivity index (χ0n) is 9.27. The fourth-order valence-corrected chi connectivity index (χ4v) is 1.42. The zero-order chi connectivity index (χ0) is 9.83. The van der Waals surface area contributed by atoms with Crippen molar-refractivity contribution in [2.45, 2.75) is 38.9 Å². The van der Waals surface area contributed by atoms with E-state index in [0.29, 0.717) is 6.61 Å². The molecule has 0 aromatic carbocycles. The van der Waals surface area contributed by atoms with Crippen LogP contribution in [0.25, 0.3) is 0 Å². The van der Waals surface area contributed by atoms with Gasteiger partial charge in [-0.2, -0.15) is 0 Å². The van der Waals surface area contributed by atoms with Gasteiger partial charge >= 0.3 is 0 Å². The smallest absolute Gasteiger partial charge is 0.192 e. The van der Waals surface area contributed by atoms with Crippen molar-refractivity contribution >= 4 is 8.32 Å². The lowest BCUT2D eigenvalue weighted by atomic mass is 10.2. The Labute approximate surface area is 73.0 Å². The number of hydrogen-bond donors (Lipinski definition) is 0. The van der Waals surface area contributed by atoms with Crippen LogP contribution in [0.15, 0.2) is 12.6 Å². The molecule has 0 bridgehead atoms. The van der Waals surface area contributed by atoms with Crippen molar-refractivity contribution in [1.82, 2.24) is 0 Å². The van der Waals surface area contributed by atoms with Crippen molar-refractivity contribution in [3.8, 4) is 0 Å². The third kappa shape index (κ3) is 3.21. The molecule has 0 N–H and O–H groups in total. The highest BCUT2D eigenvalue weighted by Gasteiger charge is 2.36. The number of hydrogen-bond acceptors (Lipinski definition) is 1. The van der Waals surface area contributed by atoms with E-state index in [2.05, 4.69) is 33.9 Å². The van der Waals surface area contributed by atoms with Gasteiger partial charge in [0, 0.05) is 0 Å². The van der Waals surface area contributed by atoms with Crippen molar-refractivity contribution in [3.63, 3.8) is 0 Å². The van der Waals surface area contributed by atoms with Crippen molar-refractivity contribution in [3.05, 3.63) is 12.6 Å². The Kier molecular flexibility index (Phi) is 2.90. The van der Waals surface area contributed by atoms with Crippen LogP contribution in [0, 0.1) is 0 Å². The Hall–Kier alpha value is -0.0831. The van der Waals surface area contributed by atoms with E-state index in [1.165, 1.54) is 6.55 Å². The molecular formula is C9H20OSi. The normalized spacial score (nSPS) is 15.5. The summed E-state index contributed by atoms with van der Waals surface area (Å²) >= 11 is 0. The van der Waals surface area contributed by atoms with Gasteiger partial charge in [-0.3, -0.25) is 0 Å². The van der Waals surface area contributed by atoms with Crippen molar-refractivity contribution < 1.29 is 5.80 Å². The molecular weight excluding hydrogens is 152 g/mol. The van der Waals surface area contributed by atoms with E-state index in [1.54, 1.807) is 6.08 Å². The van der Waals surface area contributed by atoms with Gasteiger partial charge in [-0.05, 0) is 18.1 Å². The molecule has 1 nitrogen and oxygen atoms in total. The molecule has 2 heteroatoms. The Morgan fingerprint density at radius 2 is 2.09 bits per heavy atom. The van der Waals surface area contributed by atoms with Crippen LogP contribution in [0.1, 0.15) is 22.1 Å². The van der Waals surface area contributed by atoms with Crippen LogP contribution in [-0.4, -0.2) is 14.9 Å². The van der Waals surface area contributed by atoms with Gasteiger partial charge in [0.1, 0.15) is 0 Å². The molecule has 0 saturated carbocycles. The Balaban J connectivity index is 4.05. The second-order valence-electron chi connectivity index (χ2n) is 4.31. The summed E-state index contributed by atoms with van der Waals surface area (Å²) in [7, 11) is -1.58. The molecule has 0 aliphatic carbocycles. The van der Waals surface area contributed by atoms with Crippen LogP contribution in [0.5, 0.6) is 0 Å². The molecule has 0 fully saturated rings. The standard InChI is InChI=1S/C9H20OSi/c1-7-8-10-11(5,6)9(2,3)4/h7H,1,8H2,2-6H3/i1D. The highest BCUT2D eigenvalue weighted by Crippen LogP contribution is 2.36. The van der Waals surface area contributed by atoms with Gasteiger partial charge in [-0.25, -0.2) is 0 Å². The van der Waals surface area contributed by atoms with E-state index in [-0.39, 0.29) is 5.04 Å². The molecule has 0 rings (SSSR count). The van der Waals surface area contributed by atoms with Gasteiger partial charge in [0.05, 0.1) is 7.98 Å². The molecule has 0 unspecified atom stereocenters. The molecule has 0 spiro atoms. The van der Waals surface area contributed by atoms with Crippen LogP contribution in [-0.2, 0) is 4.43 Å². The lowest BCUT2D eigenvalue weighted by Crippen LogP contribution is -2.40. The predicted octanol–water partition coefficient (Wildman–Crippen LogP) is 3.19. The van der Waals surface area contributed by atoms with Crippen LogP contribution >= 0.6 is 0 Å². The molecule has 0 aliphatic heterocycles. The van der Waals surface area contributed by atoms with E-state index < -0.39 is 8.32 Å². The minimum atomic E-state index is -1.58. The fraction of sp³-hybridized carbons (Fsp3) is 0.778. The maximum absolute atomic E-state index is 6.82.